The molecule has 166 valence electrons. The normalized spacial score (nSPS) is 17.6. The van der Waals surface area contributed by atoms with Gasteiger partial charge >= 0.3 is 6.03 Å². The zero-order chi connectivity index (χ0) is 22.7. The third-order valence-electron chi connectivity index (χ3n) is 5.05. The molecule has 2 aromatic rings. The maximum atomic E-state index is 14.6. The number of urea groups is 1. The first-order valence-electron chi connectivity index (χ1n) is 9.93. The topological polar surface area (TPSA) is 91.0 Å². The molecular formula is C22H20F2N4O4. The lowest BCUT2D eigenvalue weighted by molar-refractivity contribution is -0.127. The van der Waals surface area contributed by atoms with E-state index < -0.39 is 36.0 Å². The monoisotopic (exact) mass is 442 g/mol. The Labute approximate surface area is 182 Å². The molecule has 0 spiro atoms. The highest BCUT2D eigenvalue weighted by atomic mass is 19.1. The van der Waals surface area contributed by atoms with Gasteiger partial charge in [-0.15, -0.1) is 0 Å². The standard InChI is InChI=1S/C22H20F2N4O4/c23-15-3-1-2-4-17(15)25-20(29)13-28-21(30)18(26-22(28)31)12-14-5-6-19(16(24)11-14)27-7-9-32-10-8-27/h1-6,11-12H,7-10,13H2,(H,25,29)(H,26,31)/b18-12+. The molecule has 0 aliphatic carbocycles. The van der Waals surface area contributed by atoms with Gasteiger partial charge in [0.15, 0.2) is 0 Å². The van der Waals surface area contributed by atoms with Crippen molar-refractivity contribution in [2.45, 2.75) is 0 Å². The van der Waals surface area contributed by atoms with Gasteiger partial charge in [-0.25, -0.2) is 18.5 Å². The number of carbonyl (C=O) groups excluding carboxylic acids is 3. The van der Waals surface area contributed by atoms with Crippen LogP contribution >= 0.6 is 0 Å². The van der Waals surface area contributed by atoms with E-state index in [-0.39, 0.29) is 11.4 Å². The van der Waals surface area contributed by atoms with Crippen LogP contribution in [0.15, 0.2) is 48.2 Å². The van der Waals surface area contributed by atoms with Crippen LogP contribution in [-0.4, -0.2) is 55.6 Å². The van der Waals surface area contributed by atoms with E-state index in [9.17, 15) is 23.2 Å². The average Bonchev–Trinajstić information content (AvgIpc) is 3.03. The molecule has 32 heavy (non-hydrogen) atoms. The Hall–Kier alpha value is -3.79. The molecule has 0 radical (unpaired) electrons. The van der Waals surface area contributed by atoms with Gasteiger partial charge < -0.3 is 20.3 Å². The molecule has 2 aromatic carbocycles. The molecular weight excluding hydrogens is 422 g/mol. The van der Waals surface area contributed by atoms with Crippen molar-refractivity contribution in [3.8, 4) is 0 Å². The number of morpholine rings is 1. The number of halogens is 2. The summed E-state index contributed by atoms with van der Waals surface area (Å²) in [4.78, 5) is 39.5. The van der Waals surface area contributed by atoms with Crippen LogP contribution < -0.4 is 15.5 Å². The summed E-state index contributed by atoms with van der Waals surface area (Å²) in [6.07, 6.45) is 1.33. The van der Waals surface area contributed by atoms with Crippen molar-refractivity contribution in [3.63, 3.8) is 0 Å². The van der Waals surface area contributed by atoms with Crippen molar-refractivity contribution in [2.24, 2.45) is 0 Å². The molecule has 2 fully saturated rings. The Kier molecular flexibility index (Phi) is 6.13. The molecule has 4 rings (SSSR count). The molecule has 2 saturated heterocycles. The van der Waals surface area contributed by atoms with Crippen LogP contribution in [0, 0.1) is 11.6 Å². The fourth-order valence-corrected chi connectivity index (χ4v) is 3.45. The fraction of sp³-hybridized carbons (Fsp3) is 0.227. The molecule has 0 bridgehead atoms. The van der Waals surface area contributed by atoms with Crippen molar-refractivity contribution in [2.75, 3.05) is 43.1 Å². The molecule has 0 aromatic heterocycles. The maximum absolute atomic E-state index is 14.6. The van der Waals surface area contributed by atoms with Crippen LogP contribution in [0.1, 0.15) is 5.56 Å². The Morgan fingerprint density at radius 2 is 1.84 bits per heavy atom. The van der Waals surface area contributed by atoms with Gasteiger partial charge in [0.1, 0.15) is 23.9 Å². The van der Waals surface area contributed by atoms with Crippen LogP contribution in [0.25, 0.3) is 6.08 Å². The summed E-state index contributed by atoms with van der Waals surface area (Å²) in [6, 6.07) is 9.25. The van der Waals surface area contributed by atoms with E-state index in [0.717, 1.165) is 0 Å². The van der Waals surface area contributed by atoms with Gasteiger partial charge in [-0.05, 0) is 35.9 Å². The van der Waals surface area contributed by atoms with Gasteiger partial charge in [0.2, 0.25) is 5.91 Å². The predicted molar refractivity (Wildman–Crippen MR) is 113 cm³/mol. The highest BCUT2D eigenvalue weighted by Crippen LogP contribution is 2.23. The van der Waals surface area contributed by atoms with Crippen LogP contribution in [0.2, 0.25) is 0 Å². The van der Waals surface area contributed by atoms with Gasteiger partial charge in [-0.2, -0.15) is 0 Å². The summed E-state index contributed by atoms with van der Waals surface area (Å²) in [5, 5.41) is 4.69. The number of nitrogens with one attached hydrogen (secondary N) is 2. The number of imide groups is 1. The molecule has 2 N–H and O–H groups in total. The van der Waals surface area contributed by atoms with Gasteiger partial charge in [0.05, 0.1) is 24.6 Å². The Morgan fingerprint density at radius 3 is 2.56 bits per heavy atom. The lowest BCUT2D eigenvalue weighted by Crippen LogP contribution is -2.38. The van der Waals surface area contributed by atoms with Crippen molar-refractivity contribution >= 4 is 35.3 Å². The second-order valence-corrected chi connectivity index (χ2v) is 7.22. The summed E-state index contributed by atoms with van der Waals surface area (Å²) < 4.78 is 33.5. The third kappa shape index (κ3) is 4.59. The maximum Gasteiger partial charge on any atom is 0.329 e. The summed E-state index contributed by atoms with van der Waals surface area (Å²) >= 11 is 0. The second kappa shape index (κ2) is 9.15. The van der Waals surface area contributed by atoms with E-state index in [1.165, 1.54) is 36.4 Å². The van der Waals surface area contributed by atoms with Gasteiger partial charge in [0, 0.05) is 13.1 Å². The number of nitrogens with zero attached hydrogens (tertiary/aromatic N) is 2. The number of anilines is 2. The molecule has 2 aliphatic heterocycles. The summed E-state index contributed by atoms with van der Waals surface area (Å²) in [5.41, 5.74) is 0.660. The minimum absolute atomic E-state index is 0.0591. The van der Waals surface area contributed by atoms with Crippen molar-refractivity contribution in [1.29, 1.82) is 0 Å². The van der Waals surface area contributed by atoms with Crippen molar-refractivity contribution in [3.05, 3.63) is 65.4 Å². The smallest absolute Gasteiger partial charge is 0.329 e. The van der Waals surface area contributed by atoms with E-state index in [2.05, 4.69) is 10.6 Å². The molecule has 2 heterocycles. The summed E-state index contributed by atoms with van der Waals surface area (Å²) in [7, 11) is 0. The van der Waals surface area contributed by atoms with E-state index in [0.29, 0.717) is 42.5 Å². The highest BCUT2D eigenvalue weighted by Gasteiger charge is 2.35. The van der Waals surface area contributed by atoms with Gasteiger partial charge in [-0.1, -0.05) is 18.2 Å². The molecule has 0 unspecified atom stereocenters. The first kappa shape index (κ1) is 21.4. The van der Waals surface area contributed by atoms with Crippen LogP contribution in [0.3, 0.4) is 0 Å². The number of benzene rings is 2. The minimum Gasteiger partial charge on any atom is -0.378 e. The van der Waals surface area contributed by atoms with Crippen LogP contribution in [0.4, 0.5) is 25.0 Å². The van der Waals surface area contributed by atoms with Crippen LogP contribution in [0.5, 0.6) is 0 Å². The molecule has 10 heteroatoms. The average molecular weight is 442 g/mol. The fourth-order valence-electron chi connectivity index (χ4n) is 3.45. The second-order valence-electron chi connectivity index (χ2n) is 7.22. The number of rotatable bonds is 5. The minimum atomic E-state index is -0.796. The van der Waals surface area contributed by atoms with Crippen molar-refractivity contribution in [1.82, 2.24) is 10.2 Å². The SMILES string of the molecule is O=C(CN1C(=O)N/C(=C/c2ccc(N3CCOCC3)c(F)c2)C1=O)Nc1ccccc1F. The zero-order valence-corrected chi connectivity index (χ0v) is 16.9. The number of hydrogen-bond donors (Lipinski definition) is 2. The summed E-state index contributed by atoms with van der Waals surface area (Å²) in [5.74, 6) is -2.57. The molecule has 4 amide bonds. The zero-order valence-electron chi connectivity index (χ0n) is 16.9. The lowest BCUT2D eigenvalue weighted by atomic mass is 10.1. The molecule has 0 saturated carbocycles. The van der Waals surface area contributed by atoms with E-state index in [4.69, 9.17) is 4.74 Å². The third-order valence-corrected chi connectivity index (χ3v) is 5.05. The summed E-state index contributed by atoms with van der Waals surface area (Å²) in [6.45, 7) is 1.60. The molecule has 8 nitrogen and oxygen atoms in total. The largest absolute Gasteiger partial charge is 0.378 e. The number of hydrogen-bond acceptors (Lipinski definition) is 5. The Balaban J connectivity index is 1.44. The number of carbonyl (C=O) groups is 3. The highest BCUT2D eigenvalue weighted by molar-refractivity contribution is 6.15. The van der Waals surface area contributed by atoms with E-state index >= 15 is 0 Å². The molecule has 2 aliphatic rings. The number of para-hydroxylation sites is 1. The first-order chi connectivity index (χ1) is 15.4. The lowest BCUT2D eigenvalue weighted by Gasteiger charge is -2.29. The van der Waals surface area contributed by atoms with Crippen LogP contribution in [-0.2, 0) is 14.3 Å². The van der Waals surface area contributed by atoms with Crippen molar-refractivity contribution < 1.29 is 27.9 Å². The molecule has 0 atom stereocenters. The number of ether oxygens (including phenoxy) is 1. The van der Waals surface area contributed by atoms with E-state index in [1.807, 2.05) is 4.90 Å². The Bertz CT molecular complexity index is 1100. The quantitative estimate of drug-likeness (QED) is 0.548. The van der Waals surface area contributed by atoms with Gasteiger partial charge in [0.25, 0.3) is 5.91 Å². The number of amides is 4. The predicted octanol–water partition coefficient (Wildman–Crippen LogP) is 2.33. The Morgan fingerprint density at radius 1 is 1.09 bits per heavy atom. The van der Waals surface area contributed by atoms with Gasteiger partial charge in [-0.3, -0.25) is 9.59 Å². The van der Waals surface area contributed by atoms with E-state index in [1.54, 1.807) is 12.1 Å². The first-order valence-corrected chi connectivity index (χ1v) is 9.93.